The number of hydrogen-bond donors (Lipinski definition) is 2. The molecule has 0 aliphatic carbocycles. The highest BCUT2D eigenvalue weighted by Gasteiger charge is 2.19. The summed E-state index contributed by atoms with van der Waals surface area (Å²) in [4.78, 5) is 15.3. The van der Waals surface area contributed by atoms with Gasteiger partial charge in [-0.3, -0.25) is 9.89 Å². The number of carbonyl (C=O) groups is 1. The highest BCUT2D eigenvalue weighted by atomic mass is 32.2. The van der Waals surface area contributed by atoms with Crippen LogP contribution in [0.1, 0.15) is 18.9 Å². The summed E-state index contributed by atoms with van der Waals surface area (Å²) < 4.78 is 0. The van der Waals surface area contributed by atoms with E-state index in [1.54, 1.807) is 0 Å². The van der Waals surface area contributed by atoms with Gasteiger partial charge in [0.2, 0.25) is 5.16 Å². The predicted molar refractivity (Wildman–Crippen MR) is 74.1 cm³/mol. The lowest BCUT2D eigenvalue weighted by Gasteiger charge is -2.04. The lowest BCUT2D eigenvalue weighted by molar-refractivity contribution is -0.136. The third kappa shape index (κ3) is 3.35. The number of thioether (sulfide) groups is 1. The Labute approximate surface area is 115 Å². The van der Waals surface area contributed by atoms with E-state index in [0.717, 1.165) is 17.3 Å². The number of carboxylic acids is 1. The molecule has 1 aromatic heterocycles. The molecule has 100 valence electrons. The van der Waals surface area contributed by atoms with Crippen molar-refractivity contribution < 1.29 is 9.90 Å². The summed E-state index contributed by atoms with van der Waals surface area (Å²) in [7, 11) is 0. The molecule has 6 heteroatoms. The molecule has 0 aliphatic heterocycles. The number of nitrogens with zero attached hydrogens (tertiary/aromatic N) is 2. The number of nitrogens with one attached hydrogen (secondary N) is 1. The Morgan fingerprint density at radius 1 is 1.42 bits per heavy atom. The summed E-state index contributed by atoms with van der Waals surface area (Å²) in [6.45, 7) is 3.85. The van der Waals surface area contributed by atoms with Gasteiger partial charge in [0.05, 0.1) is 0 Å². The van der Waals surface area contributed by atoms with Gasteiger partial charge in [-0.15, -0.1) is 5.10 Å². The predicted octanol–water partition coefficient (Wildman–Crippen LogP) is 2.74. The molecular formula is C13H15N3O2S. The summed E-state index contributed by atoms with van der Waals surface area (Å²) in [6, 6.07) is 7.91. The number of rotatable bonds is 5. The highest BCUT2D eigenvalue weighted by molar-refractivity contribution is 8.00. The van der Waals surface area contributed by atoms with Gasteiger partial charge in [0.25, 0.3) is 0 Å². The molecular weight excluding hydrogens is 262 g/mol. The lowest BCUT2D eigenvalue weighted by Crippen LogP contribution is -2.14. The monoisotopic (exact) mass is 277 g/mol. The van der Waals surface area contributed by atoms with Gasteiger partial charge in [0.1, 0.15) is 5.25 Å². The van der Waals surface area contributed by atoms with E-state index >= 15 is 0 Å². The molecule has 0 fully saturated rings. The van der Waals surface area contributed by atoms with Crippen molar-refractivity contribution in [2.45, 2.75) is 30.7 Å². The van der Waals surface area contributed by atoms with Gasteiger partial charge in [0, 0.05) is 5.56 Å². The Morgan fingerprint density at radius 3 is 2.68 bits per heavy atom. The molecule has 0 aliphatic rings. The highest BCUT2D eigenvalue weighted by Crippen LogP contribution is 2.24. The molecule has 1 atom stereocenters. The van der Waals surface area contributed by atoms with Crippen LogP contribution in [-0.2, 0) is 4.79 Å². The van der Waals surface area contributed by atoms with Gasteiger partial charge in [-0.1, -0.05) is 48.5 Å². The van der Waals surface area contributed by atoms with Crippen molar-refractivity contribution in [2.24, 2.45) is 0 Å². The number of aromatic nitrogens is 3. The molecule has 0 spiro atoms. The van der Waals surface area contributed by atoms with E-state index in [1.807, 2.05) is 38.1 Å². The topological polar surface area (TPSA) is 78.9 Å². The SMILES string of the molecule is CCC(Sc1n[nH]c(-c2ccc(C)cc2)n1)C(=O)O. The molecule has 2 N–H and O–H groups in total. The maximum absolute atomic E-state index is 11.0. The second kappa shape index (κ2) is 5.88. The fourth-order valence-corrected chi connectivity index (χ4v) is 2.34. The molecule has 1 unspecified atom stereocenters. The first-order valence-electron chi connectivity index (χ1n) is 5.99. The smallest absolute Gasteiger partial charge is 0.317 e. The molecule has 1 heterocycles. The fraction of sp³-hybridized carbons (Fsp3) is 0.308. The lowest BCUT2D eigenvalue weighted by atomic mass is 10.1. The zero-order valence-corrected chi connectivity index (χ0v) is 11.6. The number of aliphatic carboxylic acids is 1. The maximum Gasteiger partial charge on any atom is 0.317 e. The first-order chi connectivity index (χ1) is 9.10. The molecule has 19 heavy (non-hydrogen) atoms. The van der Waals surface area contributed by atoms with Crippen LogP contribution < -0.4 is 0 Å². The van der Waals surface area contributed by atoms with Gasteiger partial charge in [-0.25, -0.2) is 4.98 Å². The minimum absolute atomic E-state index is 0.463. The van der Waals surface area contributed by atoms with Gasteiger partial charge < -0.3 is 5.11 Å². The Kier molecular flexibility index (Phi) is 4.21. The number of aromatic amines is 1. The summed E-state index contributed by atoms with van der Waals surface area (Å²) in [5.74, 6) is -0.183. The van der Waals surface area contributed by atoms with Crippen LogP contribution in [0.2, 0.25) is 0 Å². The number of benzene rings is 1. The van der Waals surface area contributed by atoms with Crippen LogP contribution in [-0.4, -0.2) is 31.5 Å². The fourth-order valence-electron chi connectivity index (χ4n) is 1.58. The summed E-state index contributed by atoms with van der Waals surface area (Å²) in [5.41, 5.74) is 2.11. The quantitative estimate of drug-likeness (QED) is 0.821. The van der Waals surface area contributed by atoms with Gasteiger partial charge in [-0.05, 0) is 13.3 Å². The normalized spacial score (nSPS) is 12.3. The largest absolute Gasteiger partial charge is 0.480 e. The van der Waals surface area contributed by atoms with Gasteiger partial charge in [0.15, 0.2) is 5.82 Å². The third-order valence-corrected chi connectivity index (χ3v) is 3.90. The molecule has 1 aromatic carbocycles. The molecule has 0 saturated heterocycles. The van der Waals surface area contributed by atoms with Crippen molar-refractivity contribution in [3.05, 3.63) is 29.8 Å². The van der Waals surface area contributed by atoms with Crippen molar-refractivity contribution in [3.63, 3.8) is 0 Å². The Balaban J connectivity index is 2.15. The van der Waals surface area contributed by atoms with Gasteiger partial charge >= 0.3 is 5.97 Å². The average molecular weight is 277 g/mol. The first kappa shape index (κ1) is 13.6. The average Bonchev–Trinajstić information content (AvgIpc) is 2.85. The Hall–Kier alpha value is -1.82. The molecule has 0 saturated carbocycles. The van der Waals surface area contributed by atoms with Crippen LogP contribution >= 0.6 is 11.8 Å². The second-order valence-electron chi connectivity index (χ2n) is 4.19. The standard InChI is InChI=1S/C13H15N3O2S/c1-3-10(12(17)18)19-13-14-11(15-16-13)9-6-4-8(2)5-7-9/h4-7,10H,3H2,1-2H3,(H,17,18)(H,14,15,16). The summed E-state index contributed by atoms with van der Waals surface area (Å²) in [6.07, 6.45) is 0.536. The minimum atomic E-state index is -0.839. The van der Waals surface area contributed by atoms with E-state index in [1.165, 1.54) is 5.56 Å². The van der Waals surface area contributed by atoms with E-state index in [9.17, 15) is 4.79 Å². The second-order valence-corrected chi connectivity index (χ2v) is 5.36. The zero-order chi connectivity index (χ0) is 13.8. The Morgan fingerprint density at radius 2 is 2.11 bits per heavy atom. The molecule has 0 amide bonds. The third-order valence-electron chi connectivity index (χ3n) is 2.68. The van der Waals surface area contributed by atoms with E-state index < -0.39 is 11.2 Å². The first-order valence-corrected chi connectivity index (χ1v) is 6.87. The van der Waals surface area contributed by atoms with E-state index in [2.05, 4.69) is 15.2 Å². The molecule has 0 bridgehead atoms. The van der Waals surface area contributed by atoms with Crippen molar-refractivity contribution in [2.75, 3.05) is 0 Å². The molecule has 0 radical (unpaired) electrons. The van der Waals surface area contributed by atoms with Crippen molar-refractivity contribution in [1.82, 2.24) is 15.2 Å². The van der Waals surface area contributed by atoms with Crippen LogP contribution in [0, 0.1) is 6.92 Å². The molecule has 2 aromatic rings. The van der Waals surface area contributed by atoms with E-state index in [4.69, 9.17) is 5.11 Å². The van der Waals surface area contributed by atoms with E-state index in [-0.39, 0.29) is 0 Å². The van der Waals surface area contributed by atoms with Crippen LogP contribution in [0.3, 0.4) is 0 Å². The van der Waals surface area contributed by atoms with Crippen molar-refractivity contribution in [3.8, 4) is 11.4 Å². The maximum atomic E-state index is 11.0. The summed E-state index contributed by atoms with van der Waals surface area (Å²) in [5, 5.41) is 15.8. The van der Waals surface area contributed by atoms with Crippen LogP contribution in [0.25, 0.3) is 11.4 Å². The number of H-pyrrole nitrogens is 1. The van der Waals surface area contributed by atoms with Crippen LogP contribution in [0.15, 0.2) is 29.4 Å². The molecule has 5 nitrogen and oxygen atoms in total. The van der Waals surface area contributed by atoms with E-state index in [0.29, 0.717) is 17.4 Å². The number of hydrogen-bond acceptors (Lipinski definition) is 4. The van der Waals surface area contributed by atoms with Crippen LogP contribution in [0.5, 0.6) is 0 Å². The van der Waals surface area contributed by atoms with Crippen LogP contribution in [0.4, 0.5) is 0 Å². The zero-order valence-electron chi connectivity index (χ0n) is 10.8. The van der Waals surface area contributed by atoms with Crippen molar-refractivity contribution in [1.29, 1.82) is 0 Å². The molecule has 2 rings (SSSR count). The minimum Gasteiger partial charge on any atom is -0.480 e. The van der Waals surface area contributed by atoms with Gasteiger partial charge in [-0.2, -0.15) is 0 Å². The summed E-state index contributed by atoms with van der Waals surface area (Å²) >= 11 is 1.16. The number of aryl methyl sites for hydroxylation is 1. The van der Waals surface area contributed by atoms with Crippen molar-refractivity contribution >= 4 is 17.7 Å². The Bertz CT molecular complexity index is 566. The number of carboxylic acid groups (broad SMARTS) is 1.